The van der Waals surface area contributed by atoms with E-state index in [-0.39, 0.29) is 12.7 Å². The lowest BCUT2D eigenvalue weighted by Gasteiger charge is -2.30. The van der Waals surface area contributed by atoms with E-state index in [2.05, 4.69) is 22.2 Å². The van der Waals surface area contributed by atoms with Crippen LogP contribution in [-0.4, -0.2) is 40.7 Å². The van der Waals surface area contributed by atoms with E-state index in [1.807, 2.05) is 23.1 Å². The molecule has 7 nitrogen and oxygen atoms in total. The molecule has 1 N–H and O–H groups in total. The van der Waals surface area contributed by atoms with E-state index in [4.69, 9.17) is 9.47 Å². The zero-order valence-electron chi connectivity index (χ0n) is 14.8. The molecule has 0 aliphatic carbocycles. The Balaban J connectivity index is 1.41. The first kappa shape index (κ1) is 16.6. The molecule has 2 aromatic rings. The maximum Gasteiger partial charge on any atom is 0.272 e. The molecule has 4 rings (SSSR count). The molecule has 1 amide bonds. The Hall–Kier alpha value is -2.83. The topological polar surface area (TPSA) is 76.6 Å². The maximum absolute atomic E-state index is 12.7. The highest BCUT2D eigenvalue weighted by Gasteiger charge is 2.23. The minimum absolute atomic E-state index is 0.0231. The molecule has 3 heterocycles. The van der Waals surface area contributed by atoms with E-state index in [1.54, 1.807) is 12.3 Å². The van der Waals surface area contributed by atoms with Crippen LogP contribution in [0.25, 0.3) is 0 Å². The van der Waals surface area contributed by atoms with E-state index in [1.165, 1.54) is 6.42 Å². The molecule has 2 aliphatic rings. The van der Waals surface area contributed by atoms with E-state index < -0.39 is 0 Å². The maximum atomic E-state index is 12.7. The number of hydrogen-bond acceptors (Lipinski definition) is 6. The van der Waals surface area contributed by atoms with Gasteiger partial charge in [-0.05, 0) is 42.5 Å². The van der Waals surface area contributed by atoms with Gasteiger partial charge >= 0.3 is 0 Å². The van der Waals surface area contributed by atoms with E-state index >= 15 is 0 Å². The van der Waals surface area contributed by atoms with Crippen LogP contribution in [-0.2, 0) is 6.54 Å². The summed E-state index contributed by atoms with van der Waals surface area (Å²) in [5.41, 5.74) is 1.46. The van der Waals surface area contributed by atoms with Gasteiger partial charge in [0, 0.05) is 25.8 Å². The number of nitrogens with zero attached hydrogens (tertiary/aromatic N) is 3. The van der Waals surface area contributed by atoms with E-state index in [0.29, 0.717) is 24.1 Å². The predicted octanol–water partition coefficient (Wildman–Crippen LogP) is 2.69. The molecular weight excluding hydrogens is 332 g/mol. The average molecular weight is 354 g/mol. The molecule has 2 aliphatic heterocycles. The minimum atomic E-state index is -0.0231. The molecule has 0 bridgehead atoms. The molecule has 1 unspecified atom stereocenters. The first-order chi connectivity index (χ1) is 12.7. The molecule has 26 heavy (non-hydrogen) atoms. The van der Waals surface area contributed by atoms with Crippen molar-refractivity contribution >= 4 is 11.9 Å². The molecule has 1 saturated heterocycles. The summed E-state index contributed by atoms with van der Waals surface area (Å²) in [4.78, 5) is 23.2. The number of aromatic nitrogens is 2. The highest BCUT2D eigenvalue weighted by molar-refractivity contribution is 5.92. The number of anilines is 1. The fourth-order valence-electron chi connectivity index (χ4n) is 3.33. The zero-order valence-corrected chi connectivity index (χ0v) is 14.8. The van der Waals surface area contributed by atoms with Crippen molar-refractivity contribution in [3.8, 4) is 11.5 Å². The third kappa shape index (κ3) is 3.56. The van der Waals surface area contributed by atoms with Gasteiger partial charge in [-0.3, -0.25) is 4.79 Å². The Morgan fingerprint density at radius 3 is 3.08 bits per heavy atom. The van der Waals surface area contributed by atoms with Crippen molar-refractivity contribution in [3.63, 3.8) is 0 Å². The summed E-state index contributed by atoms with van der Waals surface area (Å²) in [6.45, 7) is 4.57. The zero-order chi connectivity index (χ0) is 17.9. The molecule has 136 valence electrons. The van der Waals surface area contributed by atoms with Crippen LogP contribution < -0.4 is 14.8 Å². The Kier molecular flexibility index (Phi) is 4.60. The van der Waals surface area contributed by atoms with Crippen LogP contribution in [0.4, 0.5) is 5.95 Å². The number of hydrogen-bond donors (Lipinski definition) is 1. The highest BCUT2D eigenvalue weighted by Crippen LogP contribution is 2.32. The van der Waals surface area contributed by atoms with Crippen LogP contribution in [0.1, 0.15) is 35.8 Å². The monoisotopic (exact) mass is 354 g/mol. The number of benzene rings is 1. The second kappa shape index (κ2) is 7.19. The summed E-state index contributed by atoms with van der Waals surface area (Å²) >= 11 is 0. The van der Waals surface area contributed by atoms with Crippen molar-refractivity contribution in [2.45, 2.75) is 26.3 Å². The summed E-state index contributed by atoms with van der Waals surface area (Å²) in [7, 11) is 0. The first-order valence-electron chi connectivity index (χ1n) is 8.94. The number of carbonyl (C=O) groups excluding carboxylic acids is 1. The van der Waals surface area contributed by atoms with E-state index in [0.717, 1.165) is 36.6 Å². The lowest BCUT2D eigenvalue weighted by atomic mass is 10.00. The van der Waals surface area contributed by atoms with Gasteiger partial charge in [-0.25, -0.2) is 9.97 Å². The number of rotatable bonds is 4. The summed E-state index contributed by atoms with van der Waals surface area (Å²) in [6.07, 6.45) is 3.85. The van der Waals surface area contributed by atoms with Crippen molar-refractivity contribution in [1.82, 2.24) is 14.9 Å². The predicted molar refractivity (Wildman–Crippen MR) is 96.2 cm³/mol. The van der Waals surface area contributed by atoms with E-state index in [9.17, 15) is 4.79 Å². The molecule has 7 heteroatoms. The van der Waals surface area contributed by atoms with Gasteiger partial charge in [0.2, 0.25) is 12.7 Å². The molecule has 0 radical (unpaired) electrons. The molecule has 1 aromatic heterocycles. The normalized spacial score (nSPS) is 18.7. The standard InChI is InChI=1S/C19H22N4O3/c1-13-3-2-8-23(11-13)18(24)15-6-7-20-19(22-15)21-10-14-4-5-16-17(9-14)26-12-25-16/h4-7,9,13H,2-3,8,10-12H2,1H3,(H,20,21,22). The summed E-state index contributed by atoms with van der Waals surface area (Å²) in [5, 5.41) is 3.17. The molecule has 1 atom stereocenters. The molecule has 1 aromatic carbocycles. The number of likely N-dealkylation sites (tertiary alicyclic amines) is 1. The fraction of sp³-hybridized carbons (Fsp3) is 0.421. The number of ether oxygens (including phenoxy) is 2. The van der Waals surface area contributed by atoms with Crippen LogP contribution in [0.3, 0.4) is 0 Å². The van der Waals surface area contributed by atoms with Gasteiger partial charge in [-0.1, -0.05) is 13.0 Å². The van der Waals surface area contributed by atoms with Crippen molar-refractivity contribution in [2.75, 3.05) is 25.2 Å². The fourth-order valence-corrected chi connectivity index (χ4v) is 3.33. The molecule has 1 fully saturated rings. The van der Waals surface area contributed by atoms with Gasteiger partial charge in [-0.2, -0.15) is 0 Å². The summed E-state index contributed by atoms with van der Waals surface area (Å²) < 4.78 is 10.7. The number of nitrogens with one attached hydrogen (secondary N) is 1. The van der Waals surface area contributed by atoms with Gasteiger partial charge in [-0.15, -0.1) is 0 Å². The Labute approximate surface area is 152 Å². The van der Waals surface area contributed by atoms with Crippen molar-refractivity contribution in [2.24, 2.45) is 5.92 Å². The SMILES string of the molecule is CC1CCCN(C(=O)c2ccnc(NCc3ccc4c(c3)OCO4)n2)C1. The number of piperidine rings is 1. The third-order valence-electron chi connectivity index (χ3n) is 4.71. The number of amides is 1. The van der Waals surface area contributed by atoms with Crippen molar-refractivity contribution in [3.05, 3.63) is 41.7 Å². The highest BCUT2D eigenvalue weighted by atomic mass is 16.7. The average Bonchev–Trinajstić information content (AvgIpc) is 3.14. The van der Waals surface area contributed by atoms with Gasteiger partial charge in [0.05, 0.1) is 0 Å². The largest absolute Gasteiger partial charge is 0.454 e. The quantitative estimate of drug-likeness (QED) is 0.910. The number of fused-ring (bicyclic) bond motifs is 1. The van der Waals surface area contributed by atoms with Crippen molar-refractivity contribution in [1.29, 1.82) is 0 Å². The lowest BCUT2D eigenvalue weighted by Crippen LogP contribution is -2.39. The minimum Gasteiger partial charge on any atom is -0.454 e. The van der Waals surface area contributed by atoms with Crippen molar-refractivity contribution < 1.29 is 14.3 Å². The molecule has 0 spiro atoms. The smallest absolute Gasteiger partial charge is 0.272 e. The Morgan fingerprint density at radius 2 is 2.19 bits per heavy atom. The number of carbonyl (C=O) groups is 1. The van der Waals surface area contributed by atoms with Gasteiger partial charge < -0.3 is 19.7 Å². The van der Waals surface area contributed by atoms with Crippen LogP contribution in [0, 0.1) is 5.92 Å². The Bertz CT molecular complexity index is 811. The molecule has 0 saturated carbocycles. The second-order valence-corrected chi connectivity index (χ2v) is 6.81. The van der Waals surface area contributed by atoms with Crippen LogP contribution in [0.2, 0.25) is 0 Å². The van der Waals surface area contributed by atoms with Gasteiger partial charge in [0.1, 0.15) is 5.69 Å². The lowest BCUT2D eigenvalue weighted by molar-refractivity contribution is 0.0677. The van der Waals surface area contributed by atoms with Gasteiger partial charge in [0.15, 0.2) is 11.5 Å². The first-order valence-corrected chi connectivity index (χ1v) is 8.94. The van der Waals surface area contributed by atoms with Crippen LogP contribution in [0.15, 0.2) is 30.5 Å². The van der Waals surface area contributed by atoms with Crippen LogP contribution in [0.5, 0.6) is 11.5 Å². The Morgan fingerprint density at radius 1 is 1.31 bits per heavy atom. The second-order valence-electron chi connectivity index (χ2n) is 6.81. The molecular formula is C19H22N4O3. The van der Waals surface area contributed by atoms with Crippen LogP contribution >= 0.6 is 0 Å². The van der Waals surface area contributed by atoms with Gasteiger partial charge in [0.25, 0.3) is 5.91 Å². The summed E-state index contributed by atoms with van der Waals surface area (Å²) in [6, 6.07) is 7.45. The summed E-state index contributed by atoms with van der Waals surface area (Å²) in [5.74, 6) is 2.46. The third-order valence-corrected chi connectivity index (χ3v) is 4.71.